The maximum atomic E-state index is 10.6. The van der Waals surface area contributed by atoms with Crippen LogP contribution in [-0.4, -0.2) is 23.0 Å². The van der Waals surface area contributed by atoms with Gasteiger partial charge in [-0.2, -0.15) is 0 Å². The van der Waals surface area contributed by atoms with Crippen molar-refractivity contribution in [3.8, 4) is 0 Å². The quantitative estimate of drug-likeness (QED) is 0.641. The van der Waals surface area contributed by atoms with E-state index in [0.29, 0.717) is 11.7 Å². The summed E-state index contributed by atoms with van der Waals surface area (Å²) in [6, 6.07) is 3.29. The van der Waals surface area contributed by atoms with Gasteiger partial charge >= 0.3 is 5.69 Å². The molecule has 0 aliphatic rings. The number of hydrogen-bond donors (Lipinski definition) is 1. The van der Waals surface area contributed by atoms with E-state index < -0.39 is 4.92 Å². The summed E-state index contributed by atoms with van der Waals surface area (Å²) >= 11 is 0. The van der Waals surface area contributed by atoms with Gasteiger partial charge in [0.25, 0.3) is 0 Å². The summed E-state index contributed by atoms with van der Waals surface area (Å²) in [5.74, 6) is 1.06. The van der Waals surface area contributed by atoms with Crippen LogP contribution in [0.1, 0.15) is 20.8 Å². The van der Waals surface area contributed by atoms with Crippen LogP contribution >= 0.6 is 0 Å². The van der Waals surface area contributed by atoms with Crippen LogP contribution in [-0.2, 0) is 0 Å². The van der Waals surface area contributed by atoms with E-state index in [0.717, 1.165) is 0 Å². The Morgan fingerprint density at radius 3 is 2.41 bits per heavy atom. The third kappa shape index (κ3) is 2.83. The lowest BCUT2D eigenvalue weighted by atomic mass is 10.1. The van der Waals surface area contributed by atoms with E-state index in [4.69, 9.17) is 5.73 Å². The Kier molecular flexibility index (Phi) is 3.88. The van der Waals surface area contributed by atoms with E-state index in [-0.39, 0.29) is 17.5 Å². The van der Waals surface area contributed by atoms with Crippen LogP contribution in [0, 0.1) is 16.0 Å². The smallest absolute Gasteiger partial charge is 0.311 e. The molecule has 0 saturated carbocycles. The first-order valence-electron chi connectivity index (χ1n) is 5.48. The lowest BCUT2D eigenvalue weighted by molar-refractivity contribution is -0.384. The Balaban J connectivity index is 3.01. The molecule has 0 aromatic carbocycles. The molecule has 0 aliphatic carbocycles. The van der Waals surface area contributed by atoms with Crippen molar-refractivity contribution in [3.05, 3.63) is 22.2 Å². The summed E-state index contributed by atoms with van der Waals surface area (Å²) in [6.07, 6.45) is 0. The molecule has 1 unspecified atom stereocenters. The van der Waals surface area contributed by atoms with Gasteiger partial charge in [0.15, 0.2) is 0 Å². The van der Waals surface area contributed by atoms with Gasteiger partial charge in [0.1, 0.15) is 5.82 Å². The standard InChI is InChI=1S/C11H18N4O2/c1-7(2)8(3)14(4)10-6-5-9(15(16)17)11(12)13-10/h5-8H,1-4H3,(H2,12,13). The maximum absolute atomic E-state index is 10.6. The zero-order valence-electron chi connectivity index (χ0n) is 10.5. The second kappa shape index (κ2) is 4.99. The zero-order chi connectivity index (χ0) is 13.2. The number of pyridine rings is 1. The molecule has 0 radical (unpaired) electrons. The number of nitrogens with zero attached hydrogens (tertiary/aromatic N) is 3. The van der Waals surface area contributed by atoms with Gasteiger partial charge < -0.3 is 10.6 Å². The number of nitrogens with two attached hydrogens (primary N) is 1. The van der Waals surface area contributed by atoms with Crippen LogP contribution in [0.3, 0.4) is 0 Å². The third-order valence-corrected chi connectivity index (χ3v) is 3.02. The molecule has 2 N–H and O–H groups in total. The highest BCUT2D eigenvalue weighted by atomic mass is 16.6. The Hall–Kier alpha value is -1.85. The second-order valence-electron chi connectivity index (χ2n) is 4.43. The molecular weight excluding hydrogens is 220 g/mol. The molecule has 0 aliphatic heterocycles. The number of anilines is 2. The number of nitro groups is 1. The lowest BCUT2D eigenvalue weighted by Gasteiger charge is -2.28. The summed E-state index contributed by atoms with van der Waals surface area (Å²) in [6.45, 7) is 6.29. The summed E-state index contributed by atoms with van der Waals surface area (Å²) in [7, 11) is 1.90. The molecule has 0 amide bonds. The second-order valence-corrected chi connectivity index (χ2v) is 4.43. The summed E-state index contributed by atoms with van der Waals surface area (Å²) in [4.78, 5) is 16.1. The van der Waals surface area contributed by atoms with Gasteiger partial charge in [-0.25, -0.2) is 4.98 Å². The Morgan fingerprint density at radius 2 is 2.00 bits per heavy atom. The minimum absolute atomic E-state index is 0.0460. The molecule has 1 heterocycles. The molecule has 6 heteroatoms. The molecule has 17 heavy (non-hydrogen) atoms. The normalized spacial score (nSPS) is 12.5. The third-order valence-electron chi connectivity index (χ3n) is 3.02. The molecule has 6 nitrogen and oxygen atoms in total. The SMILES string of the molecule is CC(C)C(C)N(C)c1ccc([N+](=O)[O-])c(N)n1. The first-order chi connectivity index (χ1) is 7.84. The molecule has 0 bridgehead atoms. The number of hydrogen-bond acceptors (Lipinski definition) is 5. The van der Waals surface area contributed by atoms with Crippen LogP contribution in [0.4, 0.5) is 17.3 Å². The van der Waals surface area contributed by atoms with Gasteiger partial charge in [-0.3, -0.25) is 10.1 Å². The molecule has 0 fully saturated rings. The summed E-state index contributed by atoms with van der Waals surface area (Å²) in [5.41, 5.74) is 5.40. The Morgan fingerprint density at radius 1 is 1.41 bits per heavy atom. The van der Waals surface area contributed by atoms with Gasteiger partial charge in [0.2, 0.25) is 5.82 Å². The van der Waals surface area contributed by atoms with Crippen LogP contribution in [0.25, 0.3) is 0 Å². The van der Waals surface area contributed by atoms with Crippen molar-refractivity contribution >= 4 is 17.3 Å². The van der Waals surface area contributed by atoms with Crippen molar-refractivity contribution in [2.75, 3.05) is 17.7 Å². The van der Waals surface area contributed by atoms with E-state index in [1.165, 1.54) is 6.07 Å². The predicted octanol–water partition coefficient (Wildman–Crippen LogP) is 2.05. The number of nitrogen functional groups attached to an aromatic ring is 1. The molecule has 1 atom stereocenters. The average molecular weight is 238 g/mol. The Bertz CT molecular complexity index is 420. The van der Waals surface area contributed by atoms with Gasteiger partial charge in [0, 0.05) is 19.2 Å². The molecule has 0 spiro atoms. The Labute approximate surface area is 101 Å². The van der Waals surface area contributed by atoms with Gasteiger partial charge in [0.05, 0.1) is 4.92 Å². The highest BCUT2D eigenvalue weighted by Crippen LogP contribution is 2.24. The first kappa shape index (κ1) is 13.2. The average Bonchev–Trinajstić information content (AvgIpc) is 2.26. The van der Waals surface area contributed by atoms with Crippen molar-refractivity contribution in [3.63, 3.8) is 0 Å². The number of rotatable bonds is 4. The predicted molar refractivity (Wildman–Crippen MR) is 68.0 cm³/mol. The summed E-state index contributed by atoms with van der Waals surface area (Å²) < 4.78 is 0. The summed E-state index contributed by atoms with van der Waals surface area (Å²) in [5, 5.41) is 10.6. The first-order valence-corrected chi connectivity index (χ1v) is 5.48. The molecule has 1 aromatic rings. The molecule has 94 valence electrons. The van der Waals surface area contributed by atoms with Crippen LogP contribution < -0.4 is 10.6 Å². The van der Waals surface area contributed by atoms with Crippen molar-refractivity contribution < 1.29 is 4.92 Å². The van der Waals surface area contributed by atoms with E-state index >= 15 is 0 Å². The van der Waals surface area contributed by atoms with E-state index in [1.807, 2.05) is 11.9 Å². The van der Waals surface area contributed by atoms with Crippen LogP contribution in [0.15, 0.2) is 12.1 Å². The van der Waals surface area contributed by atoms with Crippen LogP contribution in [0.5, 0.6) is 0 Å². The largest absolute Gasteiger partial charge is 0.378 e. The van der Waals surface area contributed by atoms with E-state index in [9.17, 15) is 10.1 Å². The molecular formula is C11H18N4O2. The van der Waals surface area contributed by atoms with Crippen molar-refractivity contribution in [2.45, 2.75) is 26.8 Å². The van der Waals surface area contributed by atoms with Crippen molar-refractivity contribution in [2.24, 2.45) is 5.92 Å². The fourth-order valence-electron chi connectivity index (χ4n) is 1.46. The maximum Gasteiger partial charge on any atom is 0.311 e. The molecule has 1 rings (SSSR count). The molecule has 0 saturated heterocycles. The minimum atomic E-state index is -0.530. The van der Waals surface area contributed by atoms with E-state index in [2.05, 4.69) is 25.8 Å². The fraction of sp³-hybridized carbons (Fsp3) is 0.545. The minimum Gasteiger partial charge on any atom is -0.378 e. The highest BCUT2D eigenvalue weighted by Gasteiger charge is 2.18. The van der Waals surface area contributed by atoms with E-state index in [1.54, 1.807) is 6.07 Å². The zero-order valence-corrected chi connectivity index (χ0v) is 10.5. The lowest BCUT2D eigenvalue weighted by Crippen LogP contribution is -2.33. The highest BCUT2D eigenvalue weighted by molar-refractivity contribution is 5.58. The van der Waals surface area contributed by atoms with Crippen molar-refractivity contribution in [1.29, 1.82) is 0 Å². The van der Waals surface area contributed by atoms with Crippen molar-refractivity contribution in [1.82, 2.24) is 4.98 Å². The van der Waals surface area contributed by atoms with Gasteiger partial charge in [-0.05, 0) is 18.9 Å². The number of aromatic nitrogens is 1. The van der Waals surface area contributed by atoms with Gasteiger partial charge in [-0.1, -0.05) is 13.8 Å². The fourth-order valence-corrected chi connectivity index (χ4v) is 1.46. The van der Waals surface area contributed by atoms with Gasteiger partial charge in [-0.15, -0.1) is 0 Å². The topological polar surface area (TPSA) is 85.3 Å². The van der Waals surface area contributed by atoms with Crippen LogP contribution in [0.2, 0.25) is 0 Å². The molecule has 1 aromatic heterocycles. The monoisotopic (exact) mass is 238 g/mol.